The van der Waals surface area contributed by atoms with Crippen molar-refractivity contribution < 1.29 is 4.74 Å². The maximum Gasteiger partial charge on any atom is 0.203 e. The predicted molar refractivity (Wildman–Crippen MR) is 66.0 cm³/mol. The molecule has 0 fully saturated rings. The van der Waals surface area contributed by atoms with Crippen LogP contribution >= 0.6 is 11.6 Å². The number of halogens is 1. The highest BCUT2D eigenvalue weighted by Crippen LogP contribution is 2.28. The second-order valence-electron chi connectivity index (χ2n) is 3.51. The Morgan fingerprint density at radius 3 is 2.89 bits per heavy atom. The molecule has 2 aromatic heterocycles. The van der Waals surface area contributed by atoms with Gasteiger partial charge >= 0.3 is 0 Å². The van der Waals surface area contributed by atoms with Gasteiger partial charge in [-0.3, -0.25) is 0 Å². The summed E-state index contributed by atoms with van der Waals surface area (Å²) in [6.07, 6.45) is 1.36. The third kappa shape index (κ3) is 1.58. The summed E-state index contributed by atoms with van der Waals surface area (Å²) in [6.45, 7) is 0. The van der Waals surface area contributed by atoms with E-state index < -0.39 is 0 Å². The summed E-state index contributed by atoms with van der Waals surface area (Å²) in [7, 11) is 1.51. The SMILES string of the molecule is COc1c(Cl)ncnc1-n1nnc2ccccc21. The molecular weight excluding hydrogens is 254 g/mol. The molecule has 3 aromatic rings. The zero-order chi connectivity index (χ0) is 12.5. The highest BCUT2D eigenvalue weighted by molar-refractivity contribution is 6.31. The van der Waals surface area contributed by atoms with E-state index >= 15 is 0 Å². The maximum atomic E-state index is 5.96. The normalized spacial score (nSPS) is 10.8. The average molecular weight is 262 g/mol. The number of fused-ring (bicyclic) bond motifs is 1. The van der Waals surface area contributed by atoms with E-state index in [1.165, 1.54) is 13.4 Å². The van der Waals surface area contributed by atoms with Crippen molar-refractivity contribution in [1.29, 1.82) is 0 Å². The molecule has 0 saturated carbocycles. The second kappa shape index (κ2) is 4.23. The summed E-state index contributed by atoms with van der Waals surface area (Å²) >= 11 is 5.96. The number of nitrogens with zero attached hydrogens (tertiary/aromatic N) is 5. The third-order valence-electron chi connectivity index (χ3n) is 2.50. The molecule has 1 aromatic carbocycles. The summed E-state index contributed by atoms with van der Waals surface area (Å²) in [5, 5.41) is 8.35. The van der Waals surface area contributed by atoms with Gasteiger partial charge in [0, 0.05) is 0 Å². The monoisotopic (exact) mass is 261 g/mol. The van der Waals surface area contributed by atoms with Crippen LogP contribution < -0.4 is 4.74 Å². The standard InChI is InChI=1S/C11H8ClN5O/c1-18-9-10(12)13-6-14-11(9)17-8-5-3-2-4-7(8)15-16-17/h2-6H,1H3. The van der Waals surface area contributed by atoms with Crippen molar-refractivity contribution in [2.24, 2.45) is 0 Å². The Balaban J connectivity index is 2.30. The van der Waals surface area contributed by atoms with Gasteiger partial charge in [-0.15, -0.1) is 5.10 Å². The van der Waals surface area contributed by atoms with E-state index in [9.17, 15) is 0 Å². The molecule has 0 saturated heterocycles. The van der Waals surface area contributed by atoms with Gasteiger partial charge in [0.15, 0.2) is 5.15 Å². The Morgan fingerprint density at radius 2 is 2.06 bits per heavy atom. The van der Waals surface area contributed by atoms with Crippen molar-refractivity contribution >= 4 is 22.6 Å². The van der Waals surface area contributed by atoms with Gasteiger partial charge < -0.3 is 4.74 Å². The van der Waals surface area contributed by atoms with Crippen molar-refractivity contribution in [1.82, 2.24) is 25.0 Å². The molecule has 0 spiro atoms. The Bertz CT molecular complexity index is 711. The molecule has 0 radical (unpaired) electrons. The van der Waals surface area contributed by atoms with E-state index in [1.807, 2.05) is 24.3 Å². The minimum absolute atomic E-state index is 0.238. The molecule has 0 unspecified atom stereocenters. The number of para-hydroxylation sites is 1. The van der Waals surface area contributed by atoms with Crippen molar-refractivity contribution in [3.63, 3.8) is 0 Å². The Labute approximate surface area is 107 Å². The van der Waals surface area contributed by atoms with Crippen molar-refractivity contribution in [3.8, 4) is 11.6 Å². The number of hydrogen-bond acceptors (Lipinski definition) is 5. The van der Waals surface area contributed by atoms with Crippen molar-refractivity contribution in [2.75, 3.05) is 7.11 Å². The number of aromatic nitrogens is 5. The zero-order valence-corrected chi connectivity index (χ0v) is 10.2. The van der Waals surface area contributed by atoms with Gasteiger partial charge in [-0.1, -0.05) is 28.9 Å². The molecule has 0 bridgehead atoms. The molecule has 90 valence electrons. The lowest BCUT2D eigenvalue weighted by molar-refractivity contribution is 0.407. The van der Waals surface area contributed by atoms with E-state index in [1.54, 1.807) is 4.68 Å². The van der Waals surface area contributed by atoms with Gasteiger partial charge in [0.25, 0.3) is 0 Å². The summed E-state index contributed by atoms with van der Waals surface area (Å²) in [5.41, 5.74) is 1.60. The van der Waals surface area contributed by atoms with Gasteiger partial charge in [-0.05, 0) is 12.1 Å². The first-order valence-electron chi connectivity index (χ1n) is 5.16. The van der Waals surface area contributed by atoms with Crippen LogP contribution in [0.4, 0.5) is 0 Å². The number of methoxy groups -OCH3 is 1. The fraction of sp³-hybridized carbons (Fsp3) is 0.0909. The topological polar surface area (TPSA) is 65.7 Å². The lowest BCUT2D eigenvalue weighted by Crippen LogP contribution is -2.04. The van der Waals surface area contributed by atoms with E-state index in [2.05, 4.69) is 20.3 Å². The van der Waals surface area contributed by atoms with Crippen LogP contribution in [-0.2, 0) is 0 Å². The highest BCUT2D eigenvalue weighted by Gasteiger charge is 2.15. The van der Waals surface area contributed by atoms with E-state index in [0.29, 0.717) is 11.6 Å². The molecule has 6 nitrogen and oxygen atoms in total. The van der Waals surface area contributed by atoms with Crippen molar-refractivity contribution in [2.45, 2.75) is 0 Å². The summed E-state index contributed by atoms with van der Waals surface area (Å²) in [6, 6.07) is 7.56. The molecule has 18 heavy (non-hydrogen) atoms. The van der Waals surface area contributed by atoms with Gasteiger partial charge in [0.1, 0.15) is 11.8 Å². The van der Waals surface area contributed by atoms with E-state index in [-0.39, 0.29) is 5.15 Å². The molecule has 2 heterocycles. The zero-order valence-electron chi connectivity index (χ0n) is 9.41. The Hall–Kier alpha value is -2.21. The summed E-state index contributed by atoms with van der Waals surface area (Å²) < 4.78 is 6.77. The molecule has 0 N–H and O–H groups in total. The fourth-order valence-corrected chi connectivity index (χ4v) is 1.90. The third-order valence-corrected chi connectivity index (χ3v) is 2.77. The summed E-state index contributed by atoms with van der Waals surface area (Å²) in [5.74, 6) is 0.834. The van der Waals surface area contributed by atoms with Crippen LogP contribution in [0.25, 0.3) is 16.9 Å². The molecule has 0 aliphatic carbocycles. The van der Waals surface area contributed by atoms with Crippen LogP contribution in [0.15, 0.2) is 30.6 Å². The number of benzene rings is 1. The first kappa shape index (κ1) is 10.9. The molecular formula is C11H8ClN5O. The van der Waals surface area contributed by atoms with Gasteiger partial charge in [-0.25, -0.2) is 9.97 Å². The minimum atomic E-state index is 0.238. The largest absolute Gasteiger partial charge is 0.490 e. The molecule has 0 atom stereocenters. The van der Waals surface area contributed by atoms with Crippen molar-refractivity contribution in [3.05, 3.63) is 35.7 Å². The molecule has 0 aliphatic heterocycles. The first-order valence-corrected chi connectivity index (χ1v) is 5.54. The van der Waals surface area contributed by atoms with Gasteiger partial charge in [0.05, 0.1) is 12.6 Å². The van der Waals surface area contributed by atoms with Crippen LogP contribution in [0.5, 0.6) is 5.75 Å². The molecule has 7 heteroatoms. The molecule has 3 rings (SSSR count). The Morgan fingerprint density at radius 1 is 1.22 bits per heavy atom. The fourth-order valence-electron chi connectivity index (χ4n) is 1.70. The molecule has 0 amide bonds. The summed E-state index contributed by atoms with van der Waals surface area (Å²) in [4.78, 5) is 8.01. The van der Waals surface area contributed by atoms with E-state index in [4.69, 9.17) is 16.3 Å². The number of hydrogen-bond donors (Lipinski definition) is 0. The first-order chi connectivity index (χ1) is 8.81. The second-order valence-corrected chi connectivity index (χ2v) is 3.87. The predicted octanol–water partition coefficient (Wildman–Crippen LogP) is 1.87. The number of ether oxygens (including phenoxy) is 1. The van der Waals surface area contributed by atoms with Crippen LogP contribution in [-0.4, -0.2) is 32.1 Å². The lowest BCUT2D eigenvalue weighted by atomic mass is 10.3. The maximum absolute atomic E-state index is 5.96. The van der Waals surface area contributed by atoms with Gasteiger partial charge in [0.2, 0.25) is 11.6 Å². The number of rotatable bonds is 2. The molecule has 0 aliphatic rings. The van der Waals surface area contributed by atoms with Crippen LogP contribution in [0.1, 0.15) is 0 Å². The quantitative estimate of drug-likeness (QED) is 0.659. The smallest absolute Gasteiger partial charge is 0.203 e. The highest BCUT2D eigenvalue weighted by atomic mass is 35.5. The van der Waals surface area contributed by atoms with E-state index in [0.717, 1.165) is 11.0 Å². The van der Waals surface area contributed by atoms with Crippen LogP contribution in [0.3, 0.4) is 0 Å². The Kier molecular flexibility index (Phi) is 2.56. The average Bonchev–Trinajstić information content (AvgIpc) is 2.82. The van der Waals surface area contributed by atoms with Gasteiger partial charge in [-0.2, -0.15) is 4.68 Å². The van der Waals surface area contributed by atoms with Crippen LogP contribution in [0, 0.1) is 0 Å². The minimum Gasteiger partial charge on any atom is -0.490 e. The van der Waals surface area contributed by atoms with Crippen LogP contribution in [0.2, 0.25) is 5.15 Å². The lowest BCUT2D eigenvalue weighted by Gasteiger charge is -2.07.